The molecule has 2 aromatic rings. The van der Waals surface area contributed by atoms with Crippen molar-refractivity contribution in [3.8, 4) is 0 Å². The number of aromatic nitrogens is 2. The molecule has 0 saturated heterocycles. The highest BCUT2D eigenvalue weighted by molar-refractivity contribution is 7.90. The number of rotatable bonds is 3. The Kier molecular flexibility index (Phi) is 2.87. The second-order valence-electron chi connectivity index (χ2n) is 3.83. The quantitative estimate of drug-likeness (QED) is 0.804. The van der Waals surface area contributed by atoms with Crippen molar-refractivity contribution in [3.05, 3.63) is 36.2 Å². The molecule has 0 atom stereocenters. The van der Waals surface area contributed by atoms with Gasteiger partial charge in [-0.3, -0.25) is 0 Å². The molecule has 0 aliphatic heterocycles. The summed E-state index contributed by atoms with van der Waals surface area (Å²) in [5.74, 6) is 0.178. The lowest BCUT2D eigenvalue weighted by Crippen LogP contribution is -2.05. The lowest BCUT2D eigenvalue weighted by atomic mass is 10.1. The van der Waals surface area contributed by atoms with E-state index in [0.717, 1.165) is 16.3 Å². The van der Waals surface area contributed by atoms with Crippen LogP contribution in [0.15, 0.2) is 30.6 Å². The van der Waals surface area contributed by atoms with E-state index in [2.05, 4.69) is 10.2 Å². The van der Waals surface area contributed by atoms with Gasteiger partial charge in [-0.05, 0) is 18.1 Å². The Morgan fingerprint density at radius 3 is 2.50 bits per heavy atom. The molecule has 0 amide bonds. The van der Waals surface area contributed by atoms with Crippen molar-refractivity contribution < 1.29 is 8.42 Å². The van der Waals surface area contributed by atoms with Gasteiger partial charge in [-0.25, -0.2) is 8.42 Å². The number of fused-ring (bicyclic) bond motifs is 1. The van der Waals surface area contributed by atoms with E-state index < -0.39 is 9.84 Å². The van der Waals surface area contributed by atoms with Crippen molar-refractivity contribution in [1.82, 2.24) is 10.2 Å². The van der Waals surface area contributed by atoms with E-state index in [4.69, 9.17) is 0 Å². The Bertz CT molecular complexity index is 608. The molecular formula is C11H12N2O2S. The molecule has 1 heterocycles. The van der Waals surface area contributed by atoms with Crippen LogP contribution in [0.3, 0.4) is 0 Å². The maximum Gasteiger partial charge on any atom is 0.147 e. The zero-order valence-electron chi connectivity index (χ0n) is 8.92. The highest BCUT2D eigenvalue weighted by atomic mass is 32.2. The van der Waals surface area contributed by atoms with Gasteiger partial charge in [-0.2, -0.15) is 10.2 Å². The largest absolute Gasteiger partial charge is 0.229 e. The maximum atomic E-state index is 11.0. The van der Waals surface area contributed by atoms with E-state index >= 15 is 0 Å². The molecule has 0 unspecified atom stereocenters. The number of aryl methyl sites for hydroxylation is 1. The first kappa shape index (κ1) is 11.0. The van der Waals surface area contributed by atoms with Gasteiger partial charge in [-0.1, -0.05) is 12.1 Å². The van der Waals surface area contributed by atoms with Crippen LogP contribution in [0.5, 0.6) is 0 Å². The monoisotopic (exact) mass is 236 g/mol. The van der Waals surface area contributed by atoms with E-state index in [1.165, 1.54) is 6.26 Å². The number of hydrogen-bond acceptors (Lipinski definition) is 4. The van der Waals surface area contributed by atoms with Gasteiger partial charge < -0.3 is 0 Å². The van der Waals surface area contributed by atoms with E-state index in [9.17, 15) is 8.42 Å². The first-order valence-electron chi connectivity index (χ1n) is 4.92. The maximum absolute atomic E-state index is 11.0. The topological polar surface area (TPSA) is 59.9 Å². The number of nitrogens with zero attached hydrogens (tertiary/aromatic N) is 2. The van der Waals surface area contributed by atoms with Crippen LogP contribution in [0.25, 0.3) is 10.8 Å². The van der Waals surface area contributed by atoms with Crippen LogP contribution in [0, 0.1) is 0 Å². The summed E-state index contributed by atoms with van der Waals surface area (Å²) in [6, 6.07) is 5.81. The van der Waals surface area contributed by atoms with Crippen molar-refractivity contribution in [1.29, 1.82) is 0 Å². The van der Waals surface area contributed by atoms with E-state index in [0.29, 0.717) is 6.42 Å². The summed E-state index contributed by atoms with van der Waals surface area (Å²) in [6.07, 6.45) is 5.16. The molecule has 5 heteroatoms. The highest BCUT2D eigenvalue weighted by Crippen LogP contribution is 2.14. The molecule has 0 saturated carbocycles. The molecule has 0 bridgehead atoms. The molecule has 1 aromatic heterocycles. The zero-order chi connectivity index (χ0) is 11.6. The number of hydrogen-bond donors (Lipinski definition) is 0. The summed E-state index contributed by atoms with van der Waals surface area (Å²) < 4.78 is 22.1. The minimum atomic E-state index is -2.90. The molecule has 16 heavy (non-hydrogen) atoms. The van der Waals surface area contributed by atoms with E-state index in [1.54, 1.807) is 12.4 Å². The average molecular weight is 236 g/mol. The molecule has 0 radical (unpaired) electrons. The van der Waals surface area contributed by atoms with Gasteiger partial charge in [0.15, 0.2) is 0 Å². The Balaban J connectivity index is 2.26. The van der Waals surface area contributed by atoms with Crippen molar-refractivity contribution in [2.24, 2.45) is 0 Å². The molecule has 84 valence electrons. The van der Waals surface area contributed by atoms with Crippen molar-refractivity contribution in [3.63, 3.8) is 0 Å². The third kappa shape index (κ3) is 2.76. The van der Waals surface area contributed by atoms with E-state index in [1.807, 2.05) is 18.2 Å². The van der Waals surface area contributed by atoms with Crippen LogP contribution >= 0.6 is 0 Å². The Morgan fingerprint density at radius 2 is 1.81 bits per heavy atom. The third-order valence-electron chi connectivity index (χ3n) is 2.37. The van der Waals surface area contributed by atoms with Gasteiger partial charge in [0.2, 0.25) is 0 Å². The predicted molar refractivity (Wildman–Crippen MR) is 63.0 cm³/mol. The highest BCUT2D eigenvalue weighted by Gasteiger charge is 2.03. The fraction of sp³-hybridized carbons (Fsp3) is 0.273. The van der Waals surface area contributed by atoms with Crippen LogP contribution in [-0.4, -0.2) is 30.6 Å². The molecule has 0 aliphatic rings. The van der Waals surface area contributed by atoms with Gasteiger partial charge in [0, 0.05) is 17.0 Å². The standard InChI is InChI=1S/C11H12N2O2S/c1-16(14,15)5-4-9-2-3-10-7-12-13-8-11(10)6-9/h2-3,6-8H,4-5H2,1H3. The van der Waals surface area contributed by atoms with Gasteiger partial charge in [0.1, 0.15) is 9.84 Å². The normalized spacial score (nSPS) is 11.8. The number of sulfone groups is 1. The van der Waals surface area contributed by atoms with Crippen LogP contribution in [0.2, 0.25) is 0 Å². The van der Waals surface area contributed by atoms with Crippen LogP contribution in [-0.2, 0) is 16.3 Å². The molecule has 4 nitrogen and oxygen atoms in total. The fourth-order valence-electron chi connectivity index (χ4n) is 1.50. The van der Waals surface area contributed by atoms with Crippen LogP contribution in [0.1, 0.15) is 5.56 Å². The molecule has 0 aliphatic carbocycles. The molecule has 2 rings (SSSR count). The Hall–Kier alpha value is -1.49. The van der Waals surface area contributed by atoms with Gasteiger partial charge in [-0.15, -0.1) is 0 Å². The zero-order valence-corrected chi connectivity index (χ0v) is 9.74. The van der Waals surface area contributed by atoms with Gasteiger partial charge in [0.25, 0.3) is 0 Å². The van der Waals surface area contributed by atoms with Crippen molar-refractivity contribution >= 4 is 20.6 Å². The third-order valence-corrected chi connectivity index (χ3v) is 3.32. The fourth-order valence-corrected chi connectivity index (χ4v) is 2.11. The summed E-state index contributed by atoms with van der Waals surface area (Å²) in [4.78, 5) is 0. The minimum Gasteiger partial charge on any atom is -0.229 e. The van der Waals surface area contributed by atoms with E-state index in [-0.39, 0.29) is 5.75 Å². The first-order valence-corrected chi connectivity index (χ1v) is 6.98. The summed E-state index contributed by atoms with van der Waals surface area (Å²) in [5.41, 5.74) is 1.01. The first-order chi connectivity index (χ1) is 7.54. The smallest absolute Gasteiger partial charge is 0.147 e. The Labute approximate surface area is 94.2 Å². The Morgan fingerprint density at radius 1 is 1.12 bits per heavy atom. The second-order valence-corrected chi connectivity index (χ2v) is 6.09. The molecular weight excluding hydrogens is 224 g/mol. The molecule has 1 aromatic carbocycles. The summed E-state index contributed by atoms with van der Waals surface area (Å²) >= 11 is 0. The summed E-state index contributed by atoms with van der Waals surface area (Å²) in [6.45, 7) is 0. The summed E-state index contributed by atoms with van der Waals surface area (Å²) in [5, 5.41) is 9.58. The van der Waals surface area contributed by atoms with Gasteiger partial charge >= 0.3 is 0 Å². The summed E-state index contributed by atoms with van der Waals surface area (Å²) in [7, 11) is -2.90. The number of benzene rings is 1. The molecule has 0 spiro atoms. The second kappa shape index (κ2) is 4.17. The van der Waals surface area contributed by atoms with Crippen LogP contribution < -0.4 is 0 Å². The average Bonchev–Trinajstić information content (AvgIpc) is 2.25. The SMILES string of the molecule is CS(=O)(=O)CCc1ccc2cnncc2c1. The van der Waals surface area contributed by atoms with Gasteiger partial charge in [0.05, 0.1) is 18.1 Å². The lowest BCUT2D eigenvalue weighted by molar-refractivity contribution is 0.601. The van der Waals surface area contributed by atoms with Crippen molar-refractivity contribution in [2.45, 2.75) is 6.42 Å². The minimum absolute atomic E-state index is 0.178. The predicted octanol–water partition coefficient (Wildman–Crippen LogP) is 1.22. The lowest BCUT2D eigenvalue weighted by Gasteiger charge is -2.02. The molecule has 0 fully saturated rings. The van der Waals surface area contributed by atoms with Crippen molar-refractivity contribution in [2.75, 3.05) is 12.0 Å². The van der Waals surface area contributed by atoms with Crippen LogP contribution in [0.4, 0.5) is 0 Å². The molecule has 0 N–H and O–H groups in total.